The van der Waals surface area contributed by atoms with Crippen molar-refractivity contribution >= 4 is 27.6 Å². The number of aliphatic hydroxyl groups is 1. The SMILES string of the molecule is CCS(=O)(=O)c1ccc([C@H](CO)NC(=O)c2cnc(N3CC(c4ccc(C(F)(F)F)cc4)C[C@H]3CC(=O)N(C)OC)nc2)cc1. The van der Waals surface area contributed by atoms with Crippen LogP contribution in [0, 0.1) is 0 Å². The van der Waals surface area contributed by atoms with Crippen LogP contribution in [0.2, 0.25) is 0 Å². The Morgan fingerprint density at radius 2 is 1.73 bits per heavy atom. The Bertz CT molecular complexity index is 1590. The van der Waals surface area contributed by atoms with E-state index < -0.39 is 46.2 Å². The van der Waals surface area contributed by atoms with E-state index in [1.165, 1.54) is 69.9 Å². The normalized spacial score (nSPS) is 17.6. The van der Waals surface area contributed by atoms with Gasteiger partial charge < -0.3 is 15.3 Å². The topological polar surface area (TPSA) is 142 Å². The van der Waals surface area contributed by atoms with Crippen LogP contribution in [0.1, 0.15) is 58.8 Å². The smallest absolute Gasteiger partial charge is 0.394 e. The van der Waals surface area contributed by atoms with Gasteiger partial charge in [-0.25, -0.2) is 23.4 Å². The van der Waals surface area contributed by atoms with Crippen molar-refractivity contribution in [2.75, 3.05) is 38.0 Å². The Hall–Kier alpha value is -4.08. The molecule has 1 aromatic heterocycles. The van der Waals surface area contributed by atoms with Gasteiger partial charge in [0.25, 0.3) is 5.91 Å². The van der Waals surface area contributed by atoms with Crippen molar-refractivity contribution in [3.05, 3.63) is 83.2 Å². The molecule has 0 saturated carbocycles. The molecule has 0 aliphatic carbocycles. The molecule has 0 radical (unpaired) electrons. The lowest BCUT2D eigenvalue weighted by atomic mass is 9.94. The number of aliphatic hydroxyl groups excluding tert-OH is 1. The average molecular weight is 650 g/mol. The molecular weight excluding hydrogens is 615 g/mol. The maximum Gasteiger partial charge on any atom is 0.416 e. The Morgan fingerprint density at radius 3 is 2.27 bits per heavy atom. The third-order valence-electron chi connectivity index (χ3n) is 7.83. The van der Waals surface area contributed by atoms with E-state index in [0.717, 1.165) is 17.2 Å². The molecular formula is C30H34F3N5O6S. The number of rotatable bonds is 11. The number of carbonyl (C=O) groups excluding carboxylic acids is 2. The molecule has 0 spiro atoms. The molecule has 1 unspecified atom stereocenters. The molecule has 15 heteroatoms. The van der Waals surface area contributed by atoms with Crippen LogP contribution >= 0.6 is 0 Å². The maximum atomic E-state index is 13.1. The highest BCUT2D eigenvalue weighted by Crippen LogP contribution is 2.37. The summed E-state index contributed by atoms with van der Waals surface area (Å²) >= 11 is 0. The number of benzene rings is 2. The quantitative estimate of drug-likeness (QED) is 0.299. The van der Waals surface area contributed by atoms with E-state index in [2.05, 4.69) is 15.3 Å². The minimum Gasteiger partial charge on any atom is -0.394 e. The van der Waals surface area contributed by atoms with Crippen molar-refractivity contribution in [3.63, 3.8) is 0 Å². The summed E-state index contributed by atoms with van der Waals surface area (Å²) in [5.41, 5.74) is 0.511. The Balaban J connectivity index is 1.51. The zero-order valence-electron chi connectivity index (χ0n) is 24.9. The molecule has 1 fully saturated rings. The van der Waals surface area contributed by atoms with Gasteiger partial charge in [-0.2, -0.15) is 13.2 Å². The van der Waals surface area contributed by atoms with Gasteiger partial charge in [0.1, 0.15) is 0 Å². The van der Waals surface area contributed by atoms with Crippen molar-refractivity contribution < 1.29 is 41.1 Å². The van der Waals surface area contributed by atoms with Gasteiger partial charge in [0.2, 0.25) is 11.9 Å². The van der Waals surface area contributed by atoms with E-state index in [4.69, 9.17) is 4.84 Å². The lowest BCUT2D eigenvalue weighted by Gasteiger charge is -2.25. The van der Waals surface area contributed by atoms with Gasteiger partial charge in [0, 0.05) is 44.4 Å². The molecule has 2 N–H and O–H groups in total. The van der Waals surface area contributed by atoms with Crippen molar-refractivity contribution in [1.82, 2.24) is 20.3 Å². The second-order valence-corrected chi connectivity index (χ2v) is 12.9. The number of halogens is 3. The molecule has 4 rings (SSSR count). The molecule has 0 bridgehead atoms. The summed E-state index contributed by atoms with van der Waals surface area (Å²) in [6.45, 7) is 1.41. The van der Waals surface area contributed by atoms with E-state index in [-0.39, 0.29) is 40.4 Å². The first-order valence-electron chi connectivity index (χ1n) is 14.1. The number of carbonyl (C=O) groups is 2. The molecule has 1 aliphatic heterocycles. The number of anilines is 1. The molecule has 2 amide bonds. The fraction of sp³-hybridized carbons (Fsp3) is 0.400. The number of alkyl halides is 3. The standard InChI is InChI=1S/C30H34F3N5O6S/c1-4-45(42,43)25-11-7-20(8-12-25)26(18-39)36-28(41)22-15-34-29(35-16-22)38-17-21(13-24(38)14-27(40)37(2)44-3)19-5-9-23(10-6-19)30(31,32)33/h5-12,15-16,21,24,26,39H,4,13-14,17-18H2,1-3H3,(H,36,41)/t21?,24-,26-/m0/s1. The first-order chi connectivity index (χ1) is 21.3. The second-order valence-electron chi connectivity index (χ2n) is 10.6. The van der Waals surface area contributed by atoms with Gasteiger partial charge in [-0.05, 0) is 41.8 Å². The molecule has 3 atom stereocenters. The van der Waals surface area contributed by atoms with E-state index in [9.17, 15) is 36.3 Å². The van der Waals surface area contributed by atoms with Crippen molar-refractivity contribution in [3.8, 4) is 0 Å². The molecule has 1 saturated heterocycles. The predicted molar refractivity (Wildman–Crippen MR) is 158 cm³/mol. The molecule has 1 aliphatic rings. The lowest BCUT2D eigenvalue weighted by Crippen LogP contribution is -2.37. The molecule has 45 heavy (non-hydrogen) atoms. The monoisotopic (exact) mass is 649 g/mol. The van der Waals surface area contributed by atoms with E-state index >= 15 is 0 Å². The highest BCUT2D eigenvalue weighted by atomic mass is 32.2. The van der Waals surface area contributed by atoms with Crippen molar-refractivity contribution in [2.45, 2.75) is 48.8 Å². The molecule has 2 aromatic carbocycles. The number of hydroxylamine groups is 2. The Labute approximate surface area is 258 Å². The third-order valence-corrected chi connectivity index (χ3v) is 9.58. The van der Waals surface area contributed by atoms with Gasteiger partial charge in [0.15, 0.2) is 9.84 Å². The van der Waals surface area contributed by atoms with E-state index in [1.54, 1.807) is 4.90 Å². The number of aromatic nitrogens is 2. The van der Waals surface area contributed by atoms with E-state index in [0.29, 0.717) is 24.1 Å². The number of nitrogens with one attached hydrogen (secondary N) is 1. The second kappa shape index (κ2) is 13.9. The fourth-order valence-electron chi connectivity index (χ4n) is 5.11. The molecule has 2 heterocycles. The summed E-state index contributed by atoms with van der Waals surface area (Å²) in [5.74, 6) is -0.939. The molecule has 11 nitrogen and oxygen atoms in total. The van der Waals surface area contributed by atoms with Crippen molar-refractivity contribution in [2.24, 2.45) is 0 Å². The number of sulfone groups is 1. The van der Waals surface area contributed by atoms with Crippen LogP contribution in [-0.4, -0.2) is 79.5 Å². The van der Waals surface area contributed by atoms with Crippen LogP contribution in [0.25, 0.3) is 0 Å². The van der Waals surface area contributed by atoms with Gasteiger partial charge in [-0.1, -0.05) is 31.2 Å². The number of hydrogen-bond donors (Lipinski definition) is 2. The summed E-state index contributed by atoms with van der Waals surface area (Å²) in [7, 11) is -0.577. The zero-order chi connectivity index (χ0) is 32.9. The summed E-state index contributed by atoms with van der Waals surface area (Å²) < 4.78 is 63.4. The minimum absolute atomic E-state index is 0.0313. The van der Waals surface area contributed by atoms with Crippen LogP contribution in [0.15, 0.2) is 65.8 Å². The highest BCUT2D eigenvalue weighted by Gasteiger charge is 2.37. The third kappa shape index (κ3) is 7.96. The predicted octanol–water partition coefficient (Wildman–Crippen LogP) is 3.52. The summed E-state index contributed by atoms with van der Waals surface area (Å²) in [4.78, 5) is 41.3. The van der Waals surface area contributed by atoms with Crippen LogP contribution in [-0.2, 0) is 25.6 Å². The molecule has 3 aromatic rings. The van der Waals surface area contributed by atoms with Crippen molar-refractivity contribution in [1.29, 1.82) is 0 Å². The van der Waals surface area contributed by atoms with Gasteiger partial charge in [-0.15, -0.1) is 0 Å². The first-order valence-corrected chi connectivity index (χ1v) is 15.7. The largest absolute Gasteiger partial charge is 0.416 e. The van der Waals surface area contributed by atoms with Crippen LogP contribution in [0.3, 0.4) is 0 Å². The lowest BCUT2D eigenvalue weighted by molar-refractivity contribution is -0.169. The maximum absolute atomic E-state index is 13.1. The highest BCUT2D eigenvalue weighted by molar-refractivity contribution is 7.91. The summed E-state index contributed by atoms with van der Waals surface area (Å²) in [6, 6.07) is 9.56. The van der Waals surface area contributed by atoms with Crippen LogP contribution in [0.4, 0.5) is 19.1 Å². The summed E-state index contributed by atoms with van der Waals surface area (Å²) in [6.07, 6.45) is -1.38. The van der Waals surface area contributed by atoms with Crippen LogP contribution in [0.5, 0.6) is 0 Å². The van der Waals surface area contributed by atoms with Gasteiger partial charge in [-0.3, -0.25) is 14.4 Å². The van der Waals surface area contributed by atoms with Crippen LogP contribution < -0.4 is 10.2 Å². The Morgan fingerprint density at radius 1 is 1.11 bits per heavy atom. The first kappa shape index (κ1) is 33.8. The number of hydrogen-bond acceptors (Lipinski definition) is 9. The zero-order valence-corrected chi connectivity index (χ0v) is 25.7. The Kier molecular flexibility index (Phi) is 10.5. The van der Waals surface area contributed by atoms with Gasteiger partial charge in [0.05, 0.1) is 41.5 Å². The number of nitrogens with zero attached hydrogens (tertiary/aromatic N) is 4. The number of amides is 2. The average Bonchev–Trinajstić information content (AvgIpc) is 3.46. The summed E-state index contributed by atoms with van der Waals surface area (Å²) in [5, 5.41) is 13.7. The molecule has 242 valence electrons. The fourth-order valence-corrected chi connectivity index (χ4v) is 5.99. The van der Waals surface area contributed by atoms with Gasteiger partial charge >= 0.3 is 6.18 Å². The minimum atomic E-state index is -4.46. The van der Waals surface area contributed by atoms with E-state index in [1.807, 2.05) is 0 Å².